The van der Waals surface area contributed by atoms with Crippen LogP contribution in [0.25, 0.3) is 0 Å². The van der Waals surface area contributed by atoms with Crippen molar-refractivity contribution in [2.45, 2.75) is 57.5 Å². The normalized spacial score (nSPS) is 42.6. The van der Waals surface area contributed by atoms with Crippen molar-refractivity contribution < 1.29 is 9.13 Å². The van der Waals surface area contributed by atoms with E-state index in [0.29, 0.717) is 13.0 Å². The summed E-state index contributed by atoms with van der Waals surface area (Å²) in [7, 11) is 0. The van der Waals surface area contributed by atoms with Crippen LogP contribution in [0.5, 0.6) is 0 Å². The molecule has 0 bridgehead atoms. The van der Waals surface area contributed by atoms with Gasteiger partial charge in [0.25, 0.3) is 0 Å². The second-order valence-corrected chi connectivity index (χ2v) is 4.99. The Morgan fingerprint density at radius 3 is 2.71 bits per heavy atom. The molecule has 0 aromatic heterocycles. The molecule has 2 heterocycles. The summed E-state index contributed by atoms with van der Waals surface area (Å²) in [6, 6.07) is 0.0968. The first-order valence-electron chi connectivity index (χ1n) is 5.57. The molecule has 14 heavy (non-hydrogen) atoms. The van der Waals surface area contributed by atoms with Gasteiger partial charge >= 0.3 is 0 Å². The predicted octanol–water partition coefficient (Wildman–Crippen LogP) is 1.99. The molecule has 0 aliphatic carbocycles. The lowest BCUT2D eigenvalue weighted by Crippen LogP contribution is -2.60. The first kappa shape index (κ1) is 10.4. The third kappa shape index (κ3) is 1.47. The van der Waals surface area contributed by atoms with Crippen LogP contribution in [0.2, 0.25) is 0 Å². The highest BCUT2D eigenvalue weighted by atomic mass is 19.1. The van der Waals surface area contributed by atoms with E-state index in [1.165, 1.54) is 0 Å². The molecule has 0 aromatic carbocycles. The van der Waals surface area contributed by atoms with E-state index < -0.39 is 6.17 Å². The lowest BCUT2D eigenvalue weighted by Gasteiger charge is -2.49. The molecule has 2 aliphatic heterocycles. The number of rotatable bonds is 3. The minimum atomic E-state index is -0.659. The van der Waals surface area contributed by atoms with Gasteiger partial charge in [0.05, 0.1) is 12.7 Å². The maximum absolute atomic E-state index is 13.5. The van der Waals surface area contributed by atoms with Crippen molar-refractivity contribution in [2.75, 3.05) is 13.2 Å². The molecule has 0 radical (unpaired) electrons. The third-order valence-electron chi connectivity index (χ3n) is 3.70. The van der Waals surface area contributed by atoms with Crippen LogP contribution in [0, 0.1) is 0 Å². The number of ether oxygens (including phenoxy) is 1. The highest BCUT2D eigenvalue weighted by Crippen LogP contribution is 2.45. The highest BCUT2D eigenvalue weighted by Gasteiger charge is 2.55. The van der Waals surface area contributed by atoms with E-state index in [-0.39, 0.29) is 17.7 Å². The van der Waals surface area contributed by atoms with Crippen molar-refractivity contribution >= 4 is 0 Å². The number of hydrogen-bond donors (Lipinski definition) is 0. The zero-order chi connectivity index (χ0) is 10.3. The van der Waals surface area contributed by atoms with Crippen LogP contribution in [0.1, 0.15) is 33.6 Å². The van der Waals surface area contributed by atoms with E-state index in [9.17, 15) is 4.39 Å². The number of fused-ring (bicyclic) bond motifs is 1. The Labute approximate surface area is 85.4 Å². The van der Waals surface area contributed by atoms with Gasteiger partial charge in [0, 0.05) is 24.5 Å². The molecule has 3 heteroatoms. The molecule has 0 unspecified atom stereocenters. The molecule has 0 spiro atoms. The summed E-state index contributed by atoms with van der Waals surface area (Å²) in [5.41, 5.74) is 0.0447. The number of hydrogen-bond acceptors (Lipinski definition) is 2. The Hall–Kier alpha value is -0.150. The van der Waals surface area contributed by atoms with Crippen LogP contribution in [0.3, 0.4) is 0 Å². The molecule has 0 saturated carbocycles. The van der Waals surface area contributed by atoms with Gasteiger partial charge < -0.3 is 4.74 Å². The van der Waals surface area contributed by atoms with E-state index in [1.54, 1.807) is 0 Å². The minimum absolute atomic E-state index is 0.0447. The number of halogens is 1. The standard InChI is InChI=1S/C11H20FNO/c1-8(2)14-7-11-4-5-13(11)9(3)10(12)6-11/h8-10H,4-7H2,1-3H3/t9-,10+,11-/m0/s1. The second-order valence-electron chi connectivity index (χ2n) is 4.99. The topological polar surface area (TPSA) is 12.5 Å². The van der Waals surface area contributed by atoms with Crippen LogP contribution in [0.15, 0.2) is 0 Å². The first-order chi connectivity index (χ1) is 6.55. The molecule has 0 N–H and O–H groups in total. The number of alkyl halides is 1. The Kier molecular flexibility index (Phi) is 2.56. The predicted molar refractivity (Wildman–Crippen MR) is 54.1 cm³/mol. The van der Waals surface area contributed by atoms with Crippen LogP contribution < -0.4 is 0 Å². The van der Waals surface area contributed by atoms with Crippen molar-refractivity contribution in [1.82, 2.24) is 4.90 Å². The molecule has 2 nitrogen and oxygen atoms in total. The van der Waals surface area contributed by atoms with Gasteiger partial charge in [-0.1, -0.05) is 0 Å². The maximum Gasteiger partial charge on any atom is 0.117 e. The lowest BCUT2D eigenvalue weighted by atomic mass is 9.85. The van der Waals surface area contributed by atoms with Gasteiger partial charge in [-0.2, -0.15) is 0 Å². The van der Waals surface area contributed by atoms with Crippen molar-refractivity contribution in [3.8, 4) is 0 Å². The van der Waals surface area contributed by atoms with Crippen LogP contribution in [-0.4, -0.2) is 41.9 Å². The quantitative estimate of drug-likeness (QED) is 0.692. The number of nitrogens with zero attached hydrogens (tertiary/aromatic N) is 1. The zero-order valence-corrected chi connectivity index (χ0v) is 9.29. The molecule has 0 aromatic rings. The summed E-state index contributed by atoms with van der Waals surface area (Å²) < 4.78 is 19.2. The summed E-state index contributed by atoms with van der Waals surface area (Å²) in [6.45, 7) is 7.80. The van der Waals surface area contributed by atoms with E-state index in [2.05, 4.69) is 4.90 Å². The minimum Gasteiger partial charge on any atom is -0.377 e. The summed E-state index contributed by atoms with van der Waals surface area (Å²) in [4.78, 5) is 2.28. The average Bonchev–Trinajstić information content (AvgIpc) is 2.23. The summed E-state index contributed by atoms with van der Waals surface area (Å²) in [6.07, 6.45) is 1.36. The fourth-order valence-electron chi connectivity index (χ4n) is 2.68. The molecule has 2 aliphatic rings. The van der Waals surface area contributed by atoms with E-state index in [4.69, 9.17) is 4.74 Å². The Morgan fingerprint density at radius 2 is 2.29 bits per heavy atom. The van der Waals surface area contributed by atoms with E-state index in [1.807, 2.05) is 20.8 Å². The van der Waals surface area contributed by atoms with E-state index >= 15 is 0 Å². The largest absolute Gasteiger partial charge is 0.377 e. The van der Waals surface area contributed by atoms with Crippen molar-refractivity contribution in [2.24, 2.45) is 0 Å². The Balaban J connectivity index is 1.96. The van der Waals surface area contributed by atoms with Crippen molar-refractivity contribution in [1.29, 1.82) is 0 Å². The van der Waals surface area contributed by atoms with Crippen molar-refractivity contribution in [3.63, 3.8) is 0 Å². The van der Waals surface area contributed by atoms with Crippen molar-refractivity contribution in [3.05, 3.63) is 0 Å². The third-order valence-corrected chi connectivity index (χ3v) is 3.70. The molecular formula is C11H20FNO. The van der Waals surface area contributed by atoms with Gasteiger partial charge in [0.2, 0.25) is 0 Å². The molecule has 2 saturated heterocycles. The monoisotopic (exact) mass is 201 g/mol. The van der Waals surface area contributed by atoms with Gasteiger partial charge in [-0.3, -0.25) is 4.90 Å². The molecule has 0 amide bonds. The van der Waals surface area contributed by atoms with Crippen LogP contribution in [-0.2, 0) is 4.74 Å². The van der Waals surface area contributed by atoms with Gasteiger partial charge in [-0.25, -0.2) is 4.39 Å². The van der Waals surface area contributed by atoms with Crippen LogP contribution >= 0.6 is 0 Å². The molecule has 2 fully saturated rings. The van der Waals surface area contributed by atoms with Gasteiger partial charge in [-0.05, 0) is 27.2 Å². The Bertz CT molecular complexity index is 221. The van der Waals surface area contributed by atoms with Gasteiger partial charge in [0.15, 0.2) is 0 Å². The molecule has 3 atom stereocenters. The van der Waals surface area contributed by atoms with Crippen LogP contribution in [0.4, 0.5) is 4.39 Å². The SMILES string of the molecule is CC(C)OC[C@@]12CCN1[C@@H](C)[C@H](F)C2. The molecule has 2 rings (SSSR count). The van der Waals surface area contributed by atoms with Gasteiger partial charge in [0.1, 0.15) is 6.17 Å². The molecular weight excluding hydrogens is 181 g/mol. The maximum atomic E-state index is 13.5. The van der Waals surface area contributed by atoms with Gasteiger partial charge in [-0.15, -0.1) is 0 Å². The Morgan fingerprint density at radius 1 is 1.57 bits per heavy atom. The second kappa shape index (κ2) is 3.46. The average molecular weight is 201 g/mol. The fraction of sp³-hybridized carbons (Fsp3) is 1.00. The fourth-order valence-corrected chi connectivity index (χ4v) is 2.68. The van der Waals surface area contributed by atoms with E-state index in [0.717, 1.165) is 13.0 Å². The summed E-state index contributed by atoms with van der Waals surface area (Å²) >= 11 is 0. The molecule has 82 valence electrons. The smallest absolute Gasteiger partial charge is 0.117 e. The summed E-state index contributed by atoms with van der Waals surface area (Å²) in [5.74, 6) is 0. The lowest BCUT2D eigenvalue weighted by molar-refractivity contribution is -0.0770. The summed E-state index contributed by atoms with van der Waals surface area (Å²) in [5, 5.41) is 0. The first-order valence-corrected chi connectivity index (χ1v) is 5.57. The highest BCUT2D eigenvalue weighted by molar-refractivity contribution is 5.10. The zero-order valence-electron chi connectivity index (χ0n) is 9.29.